The fourth-order valence-electron chi connectivity index (χ4n) is 3.65. The fourth-order valence-corrected chi connectivity index (χ4v) is 3.65. The monoisotopic (exact) mass is 422 g/mol. The van der Waals surface area contributed by atoms with Crippen molar-refractivity contribution < 1.29 is 24.2 Å². The summed E-state index contributed by atoms with van der Waals surface area (Å²) in [4.78, 5) is 34.9. The molecule has 0 saturated carbocycles. The number of carboxylic acid groups (broad SMARTS) is 1. The van der Waals surface area contributed by atoms with Crippen LogP contribution < -0.4 is 10.6 Å². The quantitative estimate of drug-likeness (QED) is 0.565. The maximum absolute atomic E-state index is 12.3. The van der Waals surface area contributed by atoms with Gasteiger partial charge in [0, 0.05) is 30.5 Å². The predicted molar refractivity (Wildman–Crippen MR) is 117 cm³/mol. The number of fused-ring (bicyclic) bond motifs is 3. The molecule has 0 aliphatic heterocycles. The smallest absolute Gasteiger partial charge is 0.407 e. The van der Waals surface area contributed by atoms with E-state index in [1.165, 1.54) is 13.0 Å². The van der Waals surface area contributed by atoms with Gasteiger partial charge in [-0.1, -0.05) is 54.6 Å². The fraction of sp³-hybridized carbons (Fsp3) is 0.292. The number of benzene rings is 2. The maximum atomic E-state index is 12.3. The van der Waals surface area contributed by atoms with Crippen molar-refractivity contribution in [3.63, 3.8) is 0 Å². The van der Waals surface area contributed by atoms with Crippen LogP contribution >= 0.6 is 0 Å². The molecule has 7 nitrogen and oxygen atoms in total. The van der Waals surface area contributed by atoms with Gasteiger partial charge in [-0.15, -0.1) is 0 Å². The summed E-state index contributed by atoms with van der Waals surface area (Å²) >= 11 is 0. The average Bonchev–Trinajstić information content (AvgIpc) is 3.05. The summed E-state index contributed by atoms with van der Waals surface area (Å²) in [6, 6.07) is 15.8. The molecule has 2 amide bonds. The van der Waals surface area contributed by atoms with E-state index < -0.39 is 18.1 Å². The highest BCUT2D eigenvalue weighted by Gasteiger charge is 2.29. The Bertz CT molecular complexity index is 969. The molecule has 0 spiro atoms. The molecule has 1 aliphatic carbocycles. The van der Waals surface area contributed by atoms with E-state index in [0.717, 1.165) is 22.3 Å². The van der Waals surface area contributed by atoms with E-state index in [9.17, 15) is 14.4 Å². The summed E-state index contributed by atoms with van der Waals surface area (Å²) in [5, 5.41) is 14.1. The summed E-state index contributed by atoms with van der Waals surface area (Å²) < 4.78 is 5.47. The van der Waals surface area contributed by atoms with Gasteiger partial charge in [0.25, 0.3) is 0 Å². The molecule has 1 aliphatic rings. The molecule has 0 saturated heterocycles. The number of hydrogen-bond donors (Lipinski definition) is 3. The highest BCUT2D eigenvalue weighted by atomic mass is 16.5. The number of alkyl carbamates (subject to hydrolysis) is 1. The van der Waals surface area contributed by atoms with Crippen LogP contribution in [0.1, 0.15) is 37.3 Å². The average molecular weight is 422 g/mol. The second-order valence-electron chi connectivity index (χ2n) is 7.57. The molecular formula is C24H26N2O5. The van der Waals surface area contributed by atoms with Gasteiger partial charge in [-0.05, 0) is 36.1 Å². The first-order chi connectivity index (χ1) is 14.9. The minimum Gasteiger partial charge on any atom is -0.478 e. The van der Waals surface area contributed by atoms with Crippen molar-refractivity contribution in [1.82, 2.24) is 10.6 Å². The Morgan fingerprint density at radius 2 is 1.65 bits per heavy atom. The molecule has 162 valence electrons. The first kappa shape index (κ1) is 22.1. The Morgan fingerprint density at radius 1 is 1.06 bits per heavy atom. The number of aliphatic carboxylic acids is 1. The summed E-state index contributed by atoms with van der Waals surface area (Å²) in [7, 11) is 0. The zero-order chi connectivity index (χ0) is 22.4. The second kappa shape index (κ2) is 9.93. The number of amides is 2. The van der Waals surface area contributed by atoms with Crippen molar-refractivity contribution in [2.75, 3.05) is 13.2 Å². The lowest BCUT2D eigenvalue weighted by Crippen LogP contribution is -2.38. The van der Waals surface area contributed by atoms with E-state index in [2.05, 4.69) is 34.9 Å². The first-order valence-electron chi connectivity index (χ1n) is 10.1. The lowest BCUT2D eigenvalue weighted by atomic mass is 9.98. The van der Waals surface area contributed by atoms with Crippen molar-refractivity contribution in [1.29, 1.82) is 0 Å². The summed E-state index contributed by atoms with van der Waals surface area (Å²) in [5.41, 5.74) is 4.74. The number of ether oxygens (including phenoxy) is 1. The highest BCUT2D eigenvalue weighted by Crippen LogP contribution is 2.44. The van der Waals surface area contributed by atoms with Gasteiger partial charge < -0.3 is 20.5 Å². The third-order valence-corrected chi connectivity index (χ3v) is 5.24. The Morgan fingerprint density at radius 3 is 2.23 bits per heavy atom. The lowest BCUT2D eigenvalue weighted by molar-refractivity contribution is -0.132. The minimum absolute atomic E-state index is 0.0268. The molecule has 2 aromatic rings. The number of nitrogens with one attached hydrogen (secondary N) is 2. The van der Waals surface area contributed by atoms with Crippen LogP contribution in [0.15, 0.2) is 60.2 Å². The molecule has 7 heteroatoms. The van der Waals surface area contributed by atoms with Crippen LogP contribution in [0.3, 0.4) is 0 Å². The van der Waals surface area contributed by atoms with Gasteiger partial charge in [0.2, 0.25) is 5.91 Å². The normalized spacial score (nSPS) is 13.7. The Balaban J connectivity index is 1.49. The van der Waals surface area contributed by atoms with Crippen LogP contribution in [0.25, 0.3) is 11.1 Å². The van der Waals surface area contributed by atoms with E-state index >= 15 is 0 Å². The van der Waals surface area contributed by atoms with Gasteiger partial charge in [-0.3, -0.25) is 4.79 Å². The van der Waals surface area contributed by atoms with E-state index in [0.29, 0.717) is 0 Å². The van der Waals surface area contributed by atoms with E-state index in [-0.39, 0.29) is 37.0 Å². The van der Waals surface area contributed by atoms with Gasteiger partial charge in [-0.25, -0.2) is 9.59 Å². The van der Waals surface area contributed by atoms with Crippen molar-refractivity contribution in [3.05, 3.63) is 71.3 Å². The van der Waals surface area contributed by atoms with Crippen LogP contribution in [-0.2, 0) is 14.3 Å². The van der Waals surface area contributed by atoms with Gasteiger partial charge in [0.05, 0.1) is 0 Å². The molecule has 3 rings (SSSR count). The molecule has 0 fully saturated rings. The molecule has 0 bridgehead atoms. The van der Waals surface area contributed by atoms with Crippen LogP contribution in [0.2, 0.25) is 0 Å². The molecule has 0 radical (unpaired) electrons. The van der Waals surface area contributed by atoms with Crippen LogP contribution in [0.4, 0.5) is 4.79 Å². The predicted octanol–water partition coefficient (Wildman–Crippen LogP) is 3.45. The number of rotatable bonds is 8. The number of carbonyl (C=O) groups excluding carboxylic acids is 2. The SMILES string of the molecule is C/C(=C\CNC(=O)C[C@H](C)NC(=O)OCC1c2ccccc2-c2ccccc21)C(=O)O. The van der Waals surface area contributed by atoms with Crippen LogP contribution in [0, 0.1) is 0 Å². The van der Waals surface area contributed by atoms with E-state index in [1.54, 1.807) is 6.92 Å². The topological polar surface area (TPSA) is 105 Å². The molecule has 2 aromatic carbocycles. The first-order valence-corrected chi connectivity index (χ1v) is 10.1. The number of carbonyl (C=O) groups is 3. The summed E-state index contributed by atoms with van der Waals surface area (Å²) in [6.07, 6.45) is 0.900. The standard InChI is InChI=1S/C24H26N2O5/c1-15(23(28)29)11-12-25-22(27)13-16(2)26-24(30)31-14-21-19-9-5-3-7-17(19)18-8-4-6-10-20(18)21/h3-11,16,21H,12-14H2,1-2H3,(H,25,27)(H,26,30)(H,28,29)/b15-11+/t16-/m0/s1. The van der Waals surface area contributed by atoms with E-state index in [4.69, 9.17) is 9.84 Å². The molecule has 0 aromatic heterocycles. The second-order valence-corrected chi connectivity index (χ2v) is 7.57. The maximum Gasteiger partial charge on any atom is 0.407 e. The Labute approximate surface area is 181 Å². The van der Waals surface area contributed by atoms with Crippen molar-refractivity contribution in [2.45, 2.75) is 32.2 Å². The third-order valence-electron chi connectivity index (χ3n) is 5.24. The highest BCUT2D eigenvalue weighted by molar-refractivity contribution is 5.86. The van der Waals surface area contributed by atoms with Gasteiger partial charge >= 0.3 is 12.1 Å². The van der Waals surface area contributed by atoms with Gasteiger partial charge in [0.1, 0.15) is 6.61 Å². The van der Waals surface area contributed by atoms with Gasteiger partial charge in [0.15, 0.2) is 0 Å². The van der Waals surface area contributed by atoms with Crippen molar-refractivity contribution >= 4 is 18.0 Å². The summed E-state index contributed by atoms with van der Waals surface area (Å²) in [5.74, 6) is -1.35. The molecule has 3 N–H and O–H groups in total. The van der Waals surface area contributed by atoms with Crippen molar-refractivity contribution in [3.8, 4) is 11.1 Å². The van der Waals surface area contributed by atoms with E-state index in [1.807, 2.05) is 24.3 Å². The summed E-state index contributed by atoms with van der Waals surface area (Å²) in [6.45, 7) is 3.49. The molecular weight excluding hydrogens is 396 g/mol. The number of hydrogen-bond acceptors (Lipinski definition) is 4. The molecule has 1 atom stereocenters. The van der Waals surface area contributed by atoms with Crippen molar-refractivity contribution in [2.24, 2.45) is 0 Å². The minimum atomic E-state index is -1.03. The Kier molecular flexibility index (Phi) is 7.07. The zero-order valence-corrected chi connectivity index (χ0v) is 17.6. The number of carboxylic acids is 1. The molecule has 0 unspecified atom stereocenters. The largest absolute Gasteiger partial charge is 0.478 e. The molecule has 31 heavy (non-hydrogen) atoms. The third kappa shape index (κ3) is 5.51. The Hall–Kier alpha value is -3.61. The zero-order valence-electron chi connectivity index (χ0n) is 17.6. The molecule has 0 heterocycles. The lowest BCUT2D eigenvalue weighted by Gasteiger charge is -2.17. The van der Waals surface area contributed by atoms with Crippen LogP contribution in [0.5, 0.6) is 0 Å². The van der Waals surface area contributed by atoms with Crippen LogP contribution in [-0.4, -0.2) is 42.3 Å². The van der Waals surface area contributed by atoms with Gasteiger partial charge in [-0.2, -0.15) is 0 Å².